The monoisotopic (exact) mass is 361 g/mol. The Bertz CT molecular complexity index is 813. The van der Waals surface area contributed by atoms with Gasteiger partial charge >= 0.3 is 0 Å². The fourth-order valence-electron chi connectivity index (χ4n) is 3.38. The van der Waals surface area contributed by atoms with Crippen LogP contribution in [-0.4, -0.2) is 18.5 Å². The second-order valence-corrected chi connectivity index (χ2v) is 9.22. The van der Waals surface area contributed by atoms with E-state index in [1.165, 1.54) is 21.5 Å². The summed E-state index contributed by atoms with van der Waals surface area (Å²) in [6, 6.07) is 21.9. The molecule has 1 heterocycles. The van der Waals surface area contributed by atoms with Crippen LogP contribution in [0, 0.1) is 5.92 Å². The highest BCUT2D eigenvalue weighted by Gasteiger charge is 2.30. The highest BCUT2D eigenvalue weighted by molar-refractivity contribution is 7.77. The van der Waals surface area contributed by atoms with Gasteiger partial charge in [0.05, 0.1) is 6.04 Å². The molecule has 0 radical (unpaired) electrons. The molecule has 0 bridgehead atoms. The van der Waals surface area contributed by atoms with Gasteiger partial charge in [0.25, 0.3) is 0 Å². The van der Waals surface area contributed by atoms with Crippen molar-refractivity contribution in [1.29, 1.82) is 0 Å². The quantitative estimate of drug-likeness (QED) is 0.702. The molecule has 2 nitrogen and oxygen atoms in total. The van der Waals surface area contributed by atoms with Gasteiger partial charge in [0.15, 0.2) is 0 Å². The van der Waals surface area contributed by atoms with Gasteiger partial charge in [-0.3, -0.25) is 0 Å². The molecular formula is C23H24NOP. The number of rotatable bonds is 5. The first-order valence-electron chi connectivity index (χ1n) is 9.25. The van der Waals surface area contributed by atoms with Gasteiger partial charge in [0, 0.05) is 5.57 Å². The van der Waals surface area contributed by atoms with E-state index < -0.39 is 7.92 Å². The third kappa shape index (κ3) is 3.39. The molecule has 0 saturated heterocycles. The van der Waals surface area contributed by atoms with Gasteiger partial charge in [-0.25, -0.2) is 4.99 Å². The maximum Gasteiger partial charge on any atom is 0.213 e. The van der Waals surface area contributed by atoms with Crippen molar-refractivity contribution in [1.82, 2.24) is 0 Å². The van der Waals surface area contributed by atoms with Gasteiger partial charge in [-0.2, -0.15) is 0 Å². The normalized spacial score (nSPS) is 19.4. The van der Waals surface area contributed by atoms with Gasteiger partial charge in [-0.05, 0) is 36.2 Å². The molecule has 0 fully saturated rings. The summed E-state index contributed by atoms with van der Waals surface area (Å²) < 4.78 is 6.03. The average molecular weight is 361 g/mol. The Balaban J connectivity index is 1.80. The van der Waals surface area contributed by atoms with Gasteiger partial charge in [-0.15, -0.1) is 0 Å². The fraction of sp³-hybridized carbons (Fsp3) is 0.261. The third-order valence-electron chi connectivity index (χ3n) is 4.88. The van der Waals surface area contributed by atoms with E-state index in [1.54, 1.807) is 0 Å². The highest BCUT2D eigenvalue weighted by atomic mass is 31.1. The zero-order valence-corrected chi connectivity index (χ0v) is 16.2. The number of hydrogen-bond acceptors (Lipinski definition) is 2. The van der Waals surface area contributed by atoms with Crippen molar-refractivity contribution in [2.24, 2.45) is 10.9 Å². The molecule has 132 valence electrons. The average Bonchev–Trinajstić information content (AvgIpc) is 3.33. The summed E-state index contributed by atoms with van der Waals surface area (Å²) in [5, 5.41) is 4.11. The van der Waals surface area contributed by atoms with Gasteiger partial charge in [0.2, 0.25) is 5.90 Å². The summed E-state index contributed by atoms with van der Waals surface area (Å²) in [7, 11) is -0.605. The summed E-state index contributed by atoms with van der Waals surface area (Å²) in [4.78, 5) is 4.90. The van der Waals surface area contributed by atoms with Crippen molar-refractivity contribution in [3.05, 3.63) is 83.7 Å². The lowest BCUT2D eigenvalue weighted by atomic mass is 10.1. The molecule has 1 aliphatic carbocycles. The van der Waals surface area contributed by atoms with Gasteiger partial charge < -0.3 is 4.74 Å². The lowest BCUT2D eigenvalue weighted by Gasteiger charge is -2.21. The molecule has 0 aromatic heterocycles. The predicted octanol–water partition coefficient (Wildman–Crippen LogP) is 4.79. The SMILES string of the molecule is CC(C)[C@H]1COC(C2=C(P(c3ccccc3)c3ccccc3)C=CC2)=N1. The minimum atomic E-state index is -0.605. The number of allylic oxidation sites excluding steroid dienone is 3. The number of ether oxygens (including phenoxy) is 1. The van der Waals surface area contributed by atoms with E-state index in [0.717, 1.165) is 12.3 Å². The van der Waals surface area contributed by atoms with E-state index in [0.29, 0.717) is 12.5 Å². The van der Waals surface area contributed by atoms with Crippen LogP contribution in [0.4, 0.5) is 0 Å². The first-order chi connectivity index (χ1) is 12.7. The summed E-state index contributed by atoms with van der Waals surface area (Å²) in [6.07, 6.45) is 5.45. The zero-order valence-electron chi connectivity index (χ0n) is 15.3. The van der Waals surface area contributed by atoms with Crippen molar-refractivity contribution in [3.8, 4) is 0 Å². The molecule has 4 rings (SSSR count). The second-order valence-electron chi connectivity index (χ2n) is 7.03. The van der Waals surface area contributed by atoms with Gasteiger partial charge in [-0.1, -0.05) is 86.7 Å². The molecule has 0 N–H and O–H groups in total. The van der Waals surface area contributed by atoms with Crippen LogP contribution in [0.5, 0.6) is 0 Å². The number of hydrogen-bond donors (Lipinski definition) is 0. The Kier molecular flexibility index (Phi) is 5.04. The van der Waals surface area contributed by atoms with Crippen molar-refractivity contribution in [2.75, 3.05) is 6.61 Å². The molecule has 1 atom stereocenters. The van der Waals surface area contributed by atoms with E-state index in [1.807, 2.05) is 0 Å². The molecule has 2 aliphatic rings. The van der Waals surface area contributed by atoms with Gasteiger partial charge in [0.1, 0.15) is 6.61 Å². The van der Waals surface area contributed by atoms with Crippen LogP contribution >= 0.6 is 7.92 Å². The number of aliphatic imine (C=N–C) groups is 1. The Morgan fingerprint density at radius 1 is 0.962 bits per heavy atom. The Hall–Kier alpha value is -2.18. The highest BCUT2D eigenvalue weighted by Crippen LogP contribution is 2.48. The van der Waals surface area contributed by atoms with Crippen molar-refractivity contribution in [2.45, 2.75) is 26.3 Å². The number of benzene rings is 2. The lowest BCUT2D eigenvalue weighted by molar-refractivity contribution is 0.291. The maximum absolute atomic E-state index is 6.03. The van der Waals surface area contributed by atoms with Crippen LogP contribution in [0.2, 0.25) is 0 Å². The number of nitrogens with zero attached hydrogens (tertiary/aromatic N) is 1. The van der Waals surface area contributed by atoms with E-state index in [-0.39, 0.29) is 6.04 Å². The molecule has 26 heavy (non-hydrogen) atoms. The Morgan fingerprint density at radius 3 is 2.12 bits per heavy atom. The lowest BCUT2D eigenvalue weighted by Crippen LogP contribution is -2.14. The van der Waals surface area contributed by atoms with E-state index in [9.17, 15) is 0 Å². The van der Waals surface area contributed by atoms with Crippen LogP contribution in [0.3, 0.4) is 0 Å². The summed E-state index contributed by atoms with van der Waals surface area (Å²) >= 11 is 0. The minimum absolute atomic E-state index is 0.277. The minimum Gasteiger partial charge on any atom is -0.475 e. The summed E-state index contributed by atoms with van der Waals surface area (Å²) in [6.45, 7) is 5.13. The third-order valence-corrected chi connectivity index (χ3v) is 7.41. The molecule has 0 unspecified atom stereocenters. The fourth-order valence-corrected chi connectivity index (χ4v) is 5.88. The summed E-state index contributed by atoms with van der Waals surface area (Å²) in [5.41, 5.74) is 1.27. The molecule has 2 aromatic carbocycles. The predicted molar refractivity (Wildman–Crippen MR) is 112 cm³/mol. The molecule has 3 heteroatoms. The van der Waals surface area contributed by atoms with Crippen molar-refractivity contribution >= 4 is 24.4 Å². The molecule has 1 aliphatic heterocycles. The topological polar surface area (TPSA) is 21.6 Å². The molecule has 0 amide bonds. The molecule has 0 saturated carbocycles. The zero-order chi connectivity index (χ0) is 17.9. The smallest absolute Gasteiger partial charge is 0.213 e. The maximum atomic E-state index is 6.03. The Labute approximate surface area is 157 Å². The van der Waals surface area contributed by atoms with Crippen LogP contribution in [0.15, 0.2) is 88.7 Å². The van der Waals surface area contributed by atoms with Crippen LogP contribution in [-0.2, 0) is 4.74 Å². The summed E-state index contributed by atoms with van der Waals surface area (Å²) in [5.74, 6) is 1.37. The van der Waals surface area contributed by atoms with Crippen molar-refractivity contribution in [3.63, 3.8) is 0 Å². The largest absolute Gasteiger partial charge is 0.475 e. The molecule has 0 spiro atoms. The second kappa shape index (κ2) is 7.60. The Morgan fingerprint density at radius 2 is 1.58 bits per heavy atom. The van der Waals surface area contributed by atoms with Crippen LogP contribution < -0.4 is 10.6 Å². The molecule has 2 aromatic rings. The van der Waals surface area contributed by atoms with Crippen LogP contribution in [0.25, 0.3) is 0 Å². The first-order valence-corrected chi connectivity index (χ1v) is 10.6. The van der Waals surface area contributed by atoms with Crippen LogP contribution in [0.1, 0.15) is 20.3 Å². The van der Waals surface area contributed by atoms with E-state index in [2.05, 4.69) is 86.7 Å². The molecular weight excluding hydrogens is 337 g/mol. The standard InChI is InChI=1S/C23H24NOP/c1-17(2)21-16-25-23(24-21)20-14-9-15-22(20)26(18-10-5-3-6-11-18)19-12-7-4-8-13-19/h3-13,15,17,21H,14,16H2,1-2H3/t21-/m1/s1. The van der Waals surface area contributed by atoms with E-state index >= 15 is 0 Å². The van der Waals surface area contributed by atoms with E-state index in [4.69, 9.17) is 9.73 Å². The first kappa shape index (κ1) is 17.2. The van der Waals surface area contributed by atoms with Crippen molar-refractivity contribution < 1.29 is 4.74 Å².